The fourth-order valence-electron chi connectivity index (χ4n) is 2.84. The molecule has 0 aromatic heterocycles. The van der Waals surface area contributed by atoms with Gasteiger partial charge in [0.1, 0.15) is 5.60 Å². The third kappa shape index (κ3) is 12.9. The number of hydrogen-bond acceptors (Lipinski definition) is 1. The van der Waals surface area contributed by atoms with E-state index < -0.39 is 5.60 Å². The molecule has 1 N–H and O–H groups in total. The van der Waals surface area contributed by atoms with Gasteiger partial charge < -0.3 is 5.11 Å². The van der Waals surface area contributed by atoms with Crippen molar-refractivity contribution in [2.45, 2.75) is 98.0 Å². The average Bonchev–Trinajstić information content (AvgIpc) is 2.38. The maximum Gasteiger partial charge on any atom is 0.122 e. The van der Waals surface area contributed by atoms with Gasteiger partial charge in [-0.1, -0.05) is 78.6 Å². The Bertz CT molecular complexity index is 285. The highest BCUT2D eigenvalue weighted by atomic mass is 16.3. The van der Waals surface area contributed by atoms with Gasteiger partial charge in [-0.25, -0.2) is 0 Å². The Hall–Kier alpha value is -0.480. The normalized spacial score (nSPS) is 17.2. The molecule has 0 fully saturated rings. The molecule has 0 amide bonds. The largest absolute Gasteiger partial charge is 0.378 e. The van der Waals surface area contributed by atoms with Gasteiger partial charge in [0, 0.05) is 0 Å². The topological polar surface area (TPSA) is 20.2 Å². The molecule has 0 aliphatic rings. The first-order valence-electron chi connectivity index (χ1n) is 8.97. The third-order valence-electron chi connectivity index (χ3n) is 4.54. The minimum atomic E-state index is -0.912. The molecule has 0 unspecified atom stereocenters. The second kappa shape index (κ2) is 11.1. The molecule has 0 aromatic carbocycles. The first-order valence-corrected chi connectivity index (χ1v) is 8.97. The maximum absolute atomic E-state index is 9.77. The van der Waals surface area contributed by atoms with Crippen LogP contribution >= 0.6 is 0 Å². The average molecular weight is 295 g/mol. The molecule has 0 aliphatic carbocycles. The molecule has 0 aromatic rings. The molecule has 124 valence electrons. The minimum Gasteiger partial charge on any atom is -0.378 e. The molecular weight excluding hydrogens is 256 g/mol. The van der Waals surface area contributed by atoms with Crippen LogP contribution in [0.5, 0.6) is 0 Å². The number of rotatable bonds is 12. The van der Waals surface area contributed by atoms with Crippen LogP contribution in [0.15, 0.2) is 0 Å². The highest BCUT2D eigenvalue weighted by Crippen LogP contribution is 2.22. The zero-order chi connectivity index (χ0) is 16.3. The van der Waals surface area contributed by atoms with E-state index in [2.05, 4.69) is 33.6 Å². The molecule has 3 atom stereocenters. The Labute approximate surface area is 133 Å². The summed E-state index contributed by atoms with van der Waals surface area (Å²) in [7, 11) is 0. The van der Waals surface area contributed by atoms with E-state index in [1.165, 1.54) is 44.9 Å². The lowest BCUT2D eigenvalue weighted by Gasteiger charge is -2.18. The lowest BCUT2D eigenvalue weighted by molar-refractivity contribution is 0.107. The standard InChI is InChI=1S/C20H38O/c1-7-20(6,21)16-10-15-19(5)14-9-13-18(4)12-8-11-17(2)3/h1,17-19,21H,8-16H2,2-6H3/t18-,19-,20+/m1/s1. The smallest absolute Gasteiger partial charge is 0.122 e. The van der Waals surface area contributed by atoms with E-state index in [9.17, 15) is 5.11 Å². The highest BCUT2D eigenvalue weighted by Gasteiger charge is 2.16. The molecule has 0 heterocycles. The summed E-state index contributed by atoms with van der Waals surface area (Å²) < 4.78 is 0. The quantitative estimate of drug-likeness (QED) is 0.450. The Morgan fingerprint density at radius 2 is 1.29 bits per heavy atom. The summed E-state index contributed by atoms with van der Waals surface area (Å²) in [5.74, 6) is 4.93. The van der Waals surface area contributed by atoms with Crippen molar-refractivity contribution in [3.8, 4) is 12.3 Å². The molecule has 0 aliphatic heterocycles. The van der Waals surface area contributed by atoms with Gasteiger partial charge in [0.05, 0.1) is 0 Å². The molecule has 0 saturated carbocycles. The van der Waals surface area contributed by atoms with Crippen LogP contribution in [-0.2, 0) is 0 Å². The van der Waals surface area contributed by atoms with Crippen LogP contribution in [0.25, 0.3) is 0 Å². The lowest BCUT2D eigenvalue weighted by Crippen LogP contribution is -2.20. The molecule has 0 bridgehead atoms. The molecule has 21 heavy (non-hydrogen) atoms. The van der Waals surface area contributed by atoms with E-state index >= 15 is 0 Å². The van der Waals surface area contributed by atoms with Gasteiger partial charge in [0.25, 0.3) is 0 Å². The van der Waals surface area contributed by atoms with Crippen molar-refractivity contribution in [3.05, 3.63) is 0 Å². The Balaban J connectivity index is 3.57. The van der Waals surface area contributed by atoms with Crippen molar-refractivity contribution >= 4 is 0 Å². The van der Waals surface area contributed by atoms with Crippen LogP contribution < -0.4 is 0 Å². The van der Waals surface area contributed by atoms with Crippen molar-refractivity contribution in [2.75, 3.05) is 0 Å². The summed E-state index contributed by atoms with van der Waals surface area (Å²) in [5.41, 5.74) is -0.912. The maximum atomic E-state index is 9.77. The Morgan fingerprint density at radius 1 is 0.857 bits per heavy atom. The highest BCUT2D eigenvalue weighted by molar-refractivity contribution is 5.03. The van der Waals surface area contributed by atoms with Gasteiger partial charge in [0.15, 0.2) is 0 Å². The van der Waals surface area contributed by atoms with Crippen molar-refractivity contribution < 1.29 is 5.11 Å². The summed E-state index contributed by atoms with van der Waals surface area (Å²) in [6, 6.07) is 0. The monoisotopic (exact) mass is 294 g/mol. The molecule has 0 radical (unpaired) electrons. The molecule has 1 nitrogen and oxygen atoms in total. The minimum absolute atomic E-state index is 0.722. The zero-order valence-corrected chi connectivity index (χ0v) is 15.1. The molecule has 0 rings (SSSR count). The van der Waals surface area contributed by atoms with Gasteiger partial charge in [-0.15, -0.1) is 6.42 Å². The number of aliphatic hydroxyl groups is 1. The van der Waals surface area contributed by atoms with Crippen LogP contribution in [0.2, 0.25) is 0 Å². The Kier molecular flexibility index (Phi) is 10.9. The predicted octanol–water partition coefficient (Wildman–Crippen LogP) is 5.81. The van der Waals surface area contributed by atoms with E-state index in [0.717, 1.165) is 30.6 Å². The second-order valence-electron chi connectivity index (χ2n) is 7.78. The van der Waals surface area contributed by atoms with Crippen LogP contribution in [0, 0.1) is 30.1 Å². The van der Waals surface area contributed by atoms with Crippen molar-refractivity contribution in [2.24, 2.45) is 17.8 Å². The lowest BCUT2D eigenvalue weighted by atomic mass is 9.90. The van der Waals surface area contributed by atoms with Crippen LogP contribution in [0.1, 0.15) is 92.4 Å². The van der Waals surface area contributed by atoms with E-state index in [-0.39, 0.29) is 0 Å². The van der Waals surface area contributed by atoms with Crippen LogP contribution in [0.3, 0.4) is 0 Å². The summed E-state index contributed by atoms with van der Waals surface area (Å²) in [6.45, 7) is 11.1. The molecular formula is C20H38O. The summed E-state index contributed by atoms with van der Waals surface area (Å²) in [5, 5.41) is 9.77. The molecule has 0 spiro atoms. The SMILES string of the molecule is C#C[C@](C)(O)CCC[C@H](C)CCC[C@H](C)CCCC(C)C. The van der Waals surface area contributed by atoms with E-state index in [0.29, 0.717) is 0 Å². The van der Waals surface area contributed by atoms with Crippen LogP contribution in [-0.4, -0.2) is 10.7 Å². The van der Waals surface area contributed by atoms with Gasteiger partial charge in [-0.05, 0) is 37.5 Å². The van der Waals surface area contributed by atoms with E-state index in [4.69, 9.17) is 6.42 Å². The van der Waals surface area contributed by atoms with Gasteiger partial charge in [-0.2, -0.15) is 0 Å². The van der Waals surface area contributed by atoms with Crippen molar-refractivity contribution in [3.63, 3.8) is 0 Å². The number of hydrogen-bond donors (Lipinski definition) is 1. The molecule has 1 heteroatoms. The summed E-state index contributed by atoms with van der Waals surface area (Å²) >= 11 is 0. The van der Waals surface area contributed by atoms with E-state index in [1.54, 1.807) is 6.92 Å². The Morgan fingerprint density at radius 3 is 1.71 bits per heavy atom. The van der Waals surface area contributed by atoms with Crippen LogP contribution in [0.4, 0.5) is 0 Å². The van der Waals surface area contributed by atoms with Gasteiger partial charge in [-0.3, -0.25) is 0 Å². The second-order valence-corrected chi connectivity index (χ2v) is 7.78. The number of terminal acetylenes is 1. The summed E-state index contributed by atoms with van der Waals surface area (Å²) in [6.07, 6.45) is 16.4. The van der Waals surface area contributed by atoms with Gasteiger partial charge >= 0.3 is 0 Å². The van der Waals surface area contributed by atoms with Crippen molar-refractivity contribution in [1.82, 2.24) is 0 Å². The fraction of sp³-hybridized carbons (Fsp3) is 0.900. The third-order valence-corrected chi connectivity index (χ3v) is 4.54. The fourth-order valence-corrected chi connectivity index (χ4v) is 2.84. The first kappa shape index (κ1) is 20.5. The van der Waals surface area contributed by atoms with Gasteiger partial charge in [0.2, 0.25) is 0 Å². The molecule has 0 saturated heterocycles. The van der Waals surface area contributed by atoms with E-state index in [1.807, 2.05) is 0 Å². The predicted molar refractivity (Wildman–Crippen MR) is 94.2 cm³/mol. The summed E-state index contributed by atoms with van der Waals surface area (Å²) in [4.78, 5) is 0. The first-order chi connectivity index (χ1) is 9.76. The van der Waals surface area contributed by atoms with Crippen molar-refractivity contribution in [1.29, 1.82) is 0 Å². The zero-order valence-electron chi connectivity index (χ0n) is 15.1.